The Kier molecular flexibility index (Phi) is 2.57. The van der Waals surface area contributed by atoms with E-state index in [1.807, 2.05) is 18.2 Å². The van der Waals surface area contributed by atoms with E-state index in [0.717, 1.165) is 19.3 Å². The van der Waals surface area contributed by atoms with Crippen LogP contribution in [0.5, 0.6) is 0 Å². The van der Waals surface area contributed by atoms with Crippen molar-refractivity contribution in [2.45, 2.75) is 24.8 Å². The van der Waals surface area contributed by atoms with Crippen molar-refractivity contribution in [3.63, 3.8) is 0 Å². The lowest BCUT2D eigenvalue weighted by molar-refractivity contribution is 0.274. The minimum atomic E-state index is -0.0376. The molecule has 2 atom stereocenters. The largest absolute Gasteiger partial charge is 0.396 e. The number of aliphatic hydroxyl groups excluding tert-OH is 1. The standard InChI is InChI=1S/C12H17NO/c13-12(9-11(12)6-7-14)8-10-4-2-1-3-5-10/h1-5,11,14H,6-9,13H2/t11-,12+/m1/s1. The molecular formula is C12H17NO. The van der Waals surface area contributed by atoms with E-state index in [4.69, 9.17) is 10.8 Å². The Morgan fingerprint density at radius 2 is 2.07 bits per heavy atom. The summed E-state index contributed by atoms with van der Waals surface area (Å²) in [6, 6.07) is 10.3. The molecule has 0 saturated heterocycles. The molecule has 2 rings (SSSR count). The fourth-order valence-electron chi connectivity index (χ4n) is 2.14. The van der Waals surface area contributed by atoms with E-state index in [9.17, 15) is 0 Å². The minimum absolute atomic E-state index is 0.0376. The lowest BCUT2D eigenvalue weighted by atomic mass is 10.0. The SMILES string of the molecule is N[C@@]1(Cc2ccccc2)C[C@H]1CCO. The average Bonchev–Trinajstić information content (AvgIpc) is 2.78. The van der Waals surface area contributed by atoms with Gasteiger partial charge in [-0.2, -0.15) is 0 Å². The third-order valence-electron chi connectivity index (χ3n) is 3.13. The molecule has 76 valence electrons. The van der Waals surface area contributed by atoms with Gasteiger partial charge < -0.3 is 10.8 Å². The Morgan fingerprint density at radius 3 is 2.71 bits per heavy atom. The second-order valence-electron chi connectivity index (χ2n) is 4.31. The summed E-state index contributed by atoms with van der Waals surface area (Å²) in [6.45, 7) is 0.262. The normalized spacial score (nSPS) is 30.3. The van der Waals surface area contributed by atoms with Crippen molar-refractivity contribution >= 4 is 0 Å². The number of aliphatic hydroxyl groups is 1. The Hall–Kier alpha value is -0.860. The Morgan fingerprint density at radius 1 is 1.36 bits per heavy atom. The third-order valence-corrected chi connectivity index (χ3v) is 3.13. The topological polar surface area (TPSA) is 46.2 Å². The van der Waals surface area contributed by atoms with E-state index in [2.05, 4.69) is 12.1 Å². The van der Waals surface area contributed by atoms with Gasteiger partial charge in [-0.15, -0.1) is 0 Å². The van der Waals surface area contributed by atoms with Gasteiger partial charge in [-0.25, -0.2) is 0 Å². The first-order chi connectivity index (χ1) is 6.74. The second kappa shape index (κ2) is 3.71. The number of rotatable bonds is 4. The van der Waals surface area contributed by atoms with Gasteiger partial charge in [0, 0.05) is 12.1 Å². The predicted molar refractivity (Wildman–Crippen MR) is 56.9 cm³/mol. The zero-order valence-electron chi connectivity index (χ0n) is 8.32. The molecule has 1 fully saturated rings. The molecule has 1 aromatic carbocycles. The van der Waals surface area contributed by atoms with Crippen LogP contribution < -0.4 is 5.73 Å². The van der Waals surface area contributed by atoms with Gasteiger partial charge in [0.25, 0.3) is 0 Å². The van der Waals surface area contributed by atoms with Crippen molar-refractivity contribution < 1.29 is 5.11 Å². The maximum absolute atomic E-state index is 8.82. The van der Waals surface area contributed by atoms with E-state index in [1.54, 1.807) is 0 Å². The molecule has 0 aliphatic heterocycles. The molecule has 14 heavy (non-hydrogen) atoms. The summed E-state index contributed by atoms with van der Waals surface area (Å²) in [7, 11) is 0. The molecule has 0 heterocycles. The Balaban J connectivity index is 1.94. The summed E-state index contributed by atoms with van der Waals surface area (Å²) in [5.74, 6) is 0.521. The van der Waals surface area contributed by atoms with Crippen LogP contribution in [0.2, 0.25) is 0 Å². The van der Waals surface area contributed by atoms with Crippen molar-refractivity contribution in [3.05, 3.63) is 35.9 Å². The Labute approximate surface area is 84.7 Å². The molecule has 2 nitrogen and oxygen atoms in total. The number of hydrogen-bond acceptors (Lipinski definition) is 2. The van der Waals surface area contributed by atoms with Crippen molar-refractivity contribution in [1.29, 1.82) is 0 Å². The molecular weight excluding hydrogens is 174 g/mol. The van der Waals surface area contributed by atoms with Gasteiger partial charge in [-0.1, -0.05) is 30.3 Å². The molecule has 0 amide bonds. The fraction of sp³-hybridized carbons (Fsp3) is 0.500. The van der Waals surface area contributed by atoms with E-state index in [0.29, 0.717) is 5.92 Å². The molecule has 1 aliphatic carbocycles. The summed E-state index contributed by atoms with van der Waals surface area (Å²) in [6.07, 6.45) is 2.85. The van der Waals surface area contributed by atoms with Crippen LogP contribution >= 0.6 is 0 Å². The van der Waals surface area contributed by atoms with Gasteiger partial charge in [-0.05, 0) is 30.7 Å². The fourth-order valence-corrected chi connectivity index (χ4v) is 2.14. The van der Waals surface area contributed by atoms with Crippen LogP contribution in [0.1, 0.15) is 18.4 Å². The number of nitrogens with two attached hydrogens (primary N) is 1. The third kappa shape index (κ3) is 1.97. The van der Waals surface area contributed by atoms with Crippen LogP contribution in [0.3, 0.4) is 0 Å². The van der Waals surface area contributed by atoms with Gasteiger partial charge in [0.05, 0.1) is 0 Å². The second-order valence-corrected chi connectivity index (χ2v) is 4.31. The highest BCUT2D eigenvalue weighted by Gasteiger charge is 2.49. The summed E-state index contributed by atoms with van der Waals surface area (Å²) in [5.41, 5.74) is 7.46. The zero-order valence-corrected chi connectivity index (χ0v) is 8.32. The van der Waals surface area contributed by atoms with Crippen molar-refractivity contribution in [1.82, 2.24) is 0 Å². The first-order valence-electron chi connectivity index (χ1n) is 5.18. The highest BCUT2D eigenvalue weighted by molar-refractivity contribution is 5.22. The maximum Gasteiger partial charge on any atom is 0.0434 e. The number of benzene rings is 1. The summed E-state index contributed by atoms with van der Waals surface area (Å²) >= 11 is 0. The molecule has 0 unspecified atom stereocenters. The van der Waals surface area contributed by atoms with Crippen molar-refractivity contribution in [2.75, 3.05) is 6.61 Å². The van der Waals surface area contributed by atoms with Crippen LogP contribution in [0, 0.1) is 5.92 Å². The van der Waals surface area contributed by atoms with Crippen LogP contribution in [0.25, 0.3) is 0 Å². The van der Waals surface area contributed by atoms with E-state index in [-0.39, 0.29) is 12.1 Å². The quantitative estimate of drug-likeness (QED) is 0.754. The van der Waals surface area contributed by atoms with Gasteiger partial charge >= 0.3 is 0 Å². The molecule has 0 bridgehead atoms. The summed E-state index contributed by atoms with van der Waals surface area (Å²) in [4.78, 5) is 0. The Bertz CT molecular complexity index is 298. The molecule has 1 aliphatic rings. The molecule has 3 N–H and O–H groups in total. The molecule has 0 aromatic heterocycles. The summed E-state index contributed by atoms with van der Waals surface area (Å²) < 4.78 is 0. The smallest absolute Gasteiger partial charge is 0.0434 e. The van der Waals surface area contributed by atoms with E-state index in [1.165, 1.54) is 5.56 Å². The minimum Gasteiger partial charge on any atom is -0.396 e. The van der Waals surface area contributed by atoms with E-state index < -0.39 is 0 Å². The van der Waals surface area contributed by atoms with E-state index >= 15 is 0 Å². The molecule has 0 radical (unpaired) electrons. The van der Waals surface area contributed by atoms with Crippen LogP contribution in [0.4, 0.5) is 0 Å². The first kappa shape index (κ1) is 9.69. The van der Waals surface area contributed by atoms with Gasteiger partial charge in [0.2, 0.25) is 0 Å². The number of hydrogen-bond donors (Lipinski definition) is 2. The molecule has 1 saturated carbocycles. The van der Waals surface area contributed by atoms with Crippen LogP contribution in [-0.2, 0) is 6.42 Å². The highest BCUT2D eigenvalue weighted by atomic mass is 16.3. The van der Waals surface area contributed by atoms with Gasteiger partial charge in [-0.3, -0.25) is 0 Å². The van der Waals surface area contributed by atoms with Crippen LogP contribution in [0.15, 0.2) is 30.3 Å². The molecule has 2 heteroatoms. The molecule has 0 spiro atoms. The maximum atomic E-state index is 8.82. The summed E-state index contributed by atoms with van der Waals surface area (Å²) in [5, 5.41) is 8.82. The van der Waals surface area contributed by atoms with Gasteiger partial charge in [0.1, 0.15) is 0 Å². The predicted octanol–water partition coefficient (Wildman–Crippen LogP) is 1.33. The monoisotopic (exact) mass is 191 g/mol. The van der Waals surface area contributed by atoms with Crippen molar-refractivity contribution in [3.8, 4) is 0 Å². The lowest BCUT2D eigenvalue weighted by Crippen LogP contribution is -2.28. The molecule has 1 aromatic rings. The average molecular weight is 191 g/mol. The first-order valence-corrected chi connectivity index (χ1v) is 5.18. The van der Waals surface area contributed by atoms with Crippen molar-refractivity contribution in [2.24, 2.45) is 11.7 Å². The highest BCUT2D eigenvalue weighted by Crippen LogP contribution is 2.45. The lowest BCUT2D eigenvalue weighted by Gasteiger charge is -2.10. The zero-order chi connectivity index (χ0) is 10.0. The van der Waals surface area contributed by atoms with Crippen LogP contribution in [-0.4, -0.2) is 17.3 Å². The van der Waals surface area contributed by atoms with Gasteiger partial charge in [0.15, 0.2) is 0 Å².